The molecule has 0 N–H and O–H groups in total. The van der Waals surface area contributed by atoms with Gasteiger partial charge >= 0.3 is 0 Å². The van der Waals surface area contributed by atoms with E-state index < -0.39 is 0 Å². The molecule has 2 heterocycles. The smallest absolute Gasteiger partial charge is 0.0632 e. The molecule has 0 aromatic carbocycles. The first kappa shape index (κ1) is 6.35. The summed E-state index contributed by atoms with van der Waals surface area (Å²) in [5, 5.41) is 0. The Hall–Kier alpha value is -1.18. The molecule has 0 aromatic rings. The van der Waals surface area contributed by atoms with E-state index in [1.807, 2.05) is 6.21 Å². The van der Waals surface area contributed by atoms with Crippen molar-refractivity contribution in [1.29, 1.82) is 0 Å². The highest BCUT2D eigenvalue weighted by Crippen LogP contribution is 2.33. The third-order valence-corrected chi connectivity index (χ3v) is 2.73. The van der Waals surface area contributed by atoms with Crippen LogP contribution in [0, 0.1) is 5.92 Å². The fourth-order valence-corrected chi connectivity index (χ4v) is 2.06. The molecule has 0 fully saturated rings. The average molecular weight is 158 g/mol. The van der Waals surface area contributed by atoms with E-state index in [0.717, 1.165) is 13.0 Å². The van der Waals surface area contributed by atoms with Crippen LogP contribution in [0.4, 0.5) is 0 Å². The maximum absolute atomic E-state index is 4.49. The zero-order valence-electron chi connectivity index (χ0n) is 6.83. The zero-order valence-corrected chi connectivity index (χ0v) is 6.83. The number of hydrogen-bond acceptors (Lipinski definition) is 2. The van der Waals surface area contributed by atoms with E-state index in [1.165, 1.54) is 23.4 Å². The molecule has 3 aliphatic rings. The Morgan fingerprint density at radius 3 is 3.42 bits per heavy atom. The maximum Gasteiger partial charge on any atom is 0.0632 e. The lowest BCUT2D eigenvalue weighted by Gasteiger charge is -2.16. The van der Waals surface area contributed by atoms with Gasteiger partial charge in [0.05, 0.1) is 5.70 Å². The third kappa shape index (κ3) is 0.750. The second-order valence-electron chi connectivity index (χ2n) is 3.47. The number of nitrogens with zero attached hydrogens (tertiary/aromatic N) is 2. The summed E-state index contributed by atoms with van der Waals surface area (Å²) in [7, 11) is 0. The van der Waals surface area contributed by atoms with Crippen molar-refractivity contribution in [2.24, 2.45) is 15.9 Å². The second-order valence-corrected chi connectivity index (χ2v) is 3.47. The van der Waals surface area contributed by atoms with Gasteiger partial charge in [0.1, 0.15) is 0 Å². The van der Waals surface area contributed by atoms with Crippen LogP contribution in [0.5, 0.6) is 0 Å². The zero-order chi connectivity index (χ0) is 7.97. The van der Waals surface area contributed by atoms with E-state index in [9.17, 15) is 0 Å². The molecule has 0 aromatic heterocycles. The van der Waals surface area contributed by atoms with Crippen molar-refractivity contribution in [1.82, 2.24) is 0 Å². The molecule has 1 unspecified atom stereocenters. The van der Waals surface area contributed by atoms with Gasteiger partial charge < -0.3 is 0 Å². The van der Waals surface area contributed by atoms with Crippen LogP contribution in [-0.2, 0) is 0 Å². The van der Waals surface area contributed by atoms with Crippen LogP contribution in [-0.4, -0.2) is 18.5 Å². The SMILES string of the molecule is C1=NC2=CC3CCN=C3CC2=C1. The Morgan fingerprint density at radius 2 is 2.42 bits per heavy atom. The Morgan fingerprint density at radius 1 is 1.42 bits per heavy atom. The predicted molar refractivity (Wildman–Crippen MR) is 49.7 cm³/mol. The van der Waals surface area contributed by atoms with Crippen molar-refractivity contribution in [2.75, 3.05) is 6.54 Å². The topological polar surface area (TPSA) is 24.7 Å². The fraction of sp³-hybridized carbons (Fsp3) is 0.400. The highest BCUT2D eigenvalue weighted by atomic mass is 14.8. The first-order valence-electron chi connectivity index (χ1n) is 4.42. The summed E-state index contributed by atoms with van der Waals surface area (Å²) in [4.78, 5) is 8.80. The molecule has 1 aliphatic carbocycles. The minimum Gasteiger partial charge on any atom is -0.293 e. The molecule has 0 saturated heterocycles. The summed E-state index contributed by atoms with van der Waals surface area (Å²) >= 11 is 0. The molecule has 0 bridgehead atoms. The van der Waals surface area contributed by atoms with Gasteiger partial charge in [-0.3, -0.25) is 9.98 Å². The van der Waals surface area contributed by atoms with Gasteiger partial charge in [-0.05, 0) is 24.1 Å². The van der Waals surface area contributed by atoms with E-state index >= 15 is 0 Å². The van der Waals surface area contributed by atoms with Crippen molar-refractivity contribution in [3.63, 3.8) is 0 Å². The van der Waals surface area contributed by atoms with Gasteiger partial charge in [-0.1, -0.05) is 0 Å². The van der Waals surface area contributed by atoms with Crippen LogP contribution in [0.3, 0.4) is 0 Å². The van der Waals surface area contributed by atoms with E-state index in [0.29, 0.717) is 5.92 Å². The van der Waals surface area contributed by atoms with Crippen LogP contribution in [0.1, 0.15) is 12.8 Å². The van der Waals surface area contributed by atoms with Gasteiger partial charge in [0, 0.05) is 30.8 Å². The van der Waals surface area contributed by atoms with Gasteiger partial charge in [-0.15, -0.1) is 0 Å². The molecular formula is C10H10N2. The maximum atomic E-state index is 4.49. The predicted octanol–water partition coefficient (Wildman–Crippen LogP) is 1.75. The third-order valence-electron chi connectivity index (χ3n) is 2.73. The molecule has 0 saturated carbocycles. The van der Waals surface area contributed by atoms with Crippen LogP contribution < -0.4 is 0 Å². The Bertz CT molecular complexity index is 345. The molecule has 0 radical (unpaired) electrons. The summed E-state index contributed by atoms with van der Waals surface area (Å²) in [5.41, 5.74) is 3.92. The van der Waals surface area contributed by atoms with Crippen molar-refractivity contribution in [3.05, 3.63) is 23.4 Å². The number of rotatable bonds is 0. The second kappa shape index (κ2) is 2.16. The molecule has 0 amide bonds. The summed E-state index contributed by atoms with van der Waals surface area (Å²) in [5.74, 6) is 0.604. The monoisotopic (exact) mass is 158 g/mol. The van der Waals surface area contributed by atoms with Crippen LogP contribution in [0.25, 0.3) is 0 Å². The molecule has 1 atom stereocenters. The normalized spacial score (nSPS) is 30.7. The van der Waals surface area contributed by atoms with E-state index in [1.54, 1.807) is 0 Å². The fourth-order valence-electron chi connectivity index (χ4n) is 2.06. The molecule has 2 aliphatic heterocycles. The number of fused-ring (bicyclic) bond motifs is 2. The number of aliphatic imine (C=N–C) groups is 2. The minimum atomic E-state index is 0.604. The van der Waals surface area contributed by atoms with Crippen molar-refractivity contribution in [3.8, 4) is 0 Å². The first-order valence-corrected chi connectivity index (χ1v) is 4.42. The van der Waals surface area contributed by atoms with E-state index in [4.69, 9.17) is 0 Å². The molecular weight excluding hydrogens is 148 g/mol. The molecule has 12 heavy (non-hydrogen) atoms. The molecule has 2 nitrogen and oxygen atoms in total. The summed E-state index contributed by atoms with van der Waals surface area (Å²) < 4.78 is 0. The first-order chi connectivity index (χ1) is 5.93. The minimum absolute atomic E-state index is 0.604. The molecule has 2 heteroatoms. The number of hydrogen-bond donors (Lipinski definition) is 0. The van der Waals surface area contributed by atoms with Crippen LogP contribution >= 0.6 is 0 Å². The highest BCUT2D eigenvalue weighted by molar-refractivity contribution is 5.96. The summed E-state index contributed by atoms with van der Waals surface area (Å²) in [6, 6.07) is 0. The Labute approximate surface area is 71.4 Å². The van der Waals surface area contributed by atoms with Gasteiger partial charge in [0.25, 0.3) is 0 Å². The summed E-state index contributed by atoms with van der Waals surface area (Å²) in [6.45, 7) is 1.01. The Balaban J connectivity index is 2.07. The van der Waals surface area contributed by atoms with Crippen molar-refractivity contribution < 1.29 is 0 Å². The standard InChI is InChI=1S/C10H10N2/c1-3-11-9-6-8-2-4-12-10(8)5-7(1)9/h1,3,6,8H,2,4-5H2. The quantitative estimate of drug-likeness (QED) is 0.513. The van der Waals surface area contributed by atoms with Gasteiger partial charge in [0.15, 0.2) is 0 Å². The van der Waals surface area contributed by atoms with Crippen molar-refractivity contribution >= 4 is 11.9 Å². The average Bonchev–Trinajstić information content (AvgIpc) is 2.64. The Kier molecular flexibility index (Phi) is 1.14. The molecule has 3 rings (SSSR count). The number of allylic oxidation sites excluding steroid dienone is 3. The lowest BCUT2D eigenvalue weighted by molar-refractivity contribution is 0.796. The van der Waals surface area contributed by atoms with Gasteiger partial charge in [0.2, 0.25) is 0 Å². The van der Waals surface area contributed by atoms with Crippen molar-refractivity contribution in [2.45, 2.75) is 12.8 Å². The van der Waals surface area contributed by atoms with Crippen LogP contribution in [0.15, 0.2) is 33.4 Å². The lowest BCUT2D eigenvalue weighted by Crippen LogP contribution is -2.13. The van der Waals surface area contributed by atoms with Crippen LogP contribution in [0.2, 0.25) is 0 Å². The molecule has 60 valence electrons. The van der Waals surface area contributed by atoms with Gasteiger partial charge in [-0.2, -0.15) is 0 Å². The van der Waals surface area contributed by atoms with Gasteiger partial charge in [-0.25, -0.2) is 0 Å². The highest BCUT2D eigenvalue weighted by Gasteiger charge is 2.27. The molecule has 0 spiro atoms. The summed E-state index contributed by atoms with van der Waals surface area (Å²) in [6.07, 6.45) is 8.49. The van der Waals surface area contributed by atoms with E-state index in [2.05, 4.69) is 22.1 Å². The largest absolute Gasteiger partial charge is 0.293 e. The lowest BCUT2D eigenvalue weighted by atomic mass is 9.89. The van der Waals surface area contributed by atoms with E-state index in [-0.39, 0.29) is 0 Å².